The summed E-state index contributed by atoms with van der Waals surface area (Å²) in [5.74, 6) is -5.55. The average molecular weight is 1350 g/mol. The minimum atomic E-state index is -1.68. The van der Waals surface area contributed by atoms with Crippen LogP contribution in [0, 0.1) is 5.92 Å². The standard InChI is InChI=1S/C69H79N9O20/c1-36(2)59(73-55(79)20-21-74-56(80)18-19-57(74)81)61(83)70-39(5)60(82)72-42-16-14-40(15-17-42)33-96-67(89)77-47-29-53(51(91-9)27-45(47)62(84)75-31-37(3)23-49(75)64(77)86)94-34-43-25-41(66(87)88)26-44(71-43)35-95-54-30-48-46(28-52(54)92-10)63(85)76-32-38(4)24-50(76)65(97-58-13-11-12-22-93-58)78(48)68(90)98-69(6,7)8/h14-19,25-30,36,39,49-50,58-59,64-65,86H,3-4,11-13,20-24,31-35H2,1-2,5-10H3,(H,70,83)(H,72,82)(H,73,79)(H,87,88)/t39-,49-,50-,58?,59-,64-,65-/m0/s1. The SMILES string of the molecule is C=C1C[C@H]2[C@H](O)N(C(=O)OCc3ccc(NC(=O)[C@H](C)NC(=O)[C@@H](NC(=O)CCN4C(=O)C=CC4=O)C(C)C)cc3)c3cc(OCc4cc(C(=O)O)cc(COc5cc6c(cc5OC)C(=O)N5CC(=C)C[C@H]5[C@H](OC5CCCCO5)N6C(=O)OC(C)(C)C)n4)c(OC)cc3C(=O)N2C1. The number of ether oxygens (including phenoxy) is 8. The number of benzene rings is 3. The molecule has 98 heavy (non-hydrogen) atoms. The molecule has 7 heterocycles. The van der Waals surface area contributed by atoms with E-state index in [9.17, 15) is 58.2 Å². The molecular weight excluding hydrogens is 1270 g/mol. The zero-order valence-corrected chi connectivity index (χ0v) is 55.6. The molecule has 10 rings (SSSR count). The monoisotopic (exact) mass is 1350 g/mol. The minimum Gasteiger partial charge on any atom is -0.493 e. The van der Waals surface area contributed by atoms with E-state index in [-0.39, 0.29) is 108 Å². The molecule has 7 atom stereocenters. The summed E-state index contributed by atoms with van der Waals surface area (Å²) in [6.45, 7) is 17.6. The van der Waals surface area contributed by atoms with Gasteiger partial charge in [0.05, 0.1) is 65.8 Å². The molecule has 4 aromatic rings. The van der Waals surface area contributed by atoms with Crippen LogP contribution in [-0.2, 0) is 62.7 Å². The molecule has 29 nitrogen and oxygen atoms in total. The number of aliphatic hydroxyl groups excluding tert-OH is 1. The number of rotatable bonds is 22. The molecule has 3 fully saturated rings. The summed E-state index contributed by atoms with van der Waals surface area (Å²) < 4.78 is 48.6. The number of carboxylic acid groups (broad SMARTS) is 1. The van der Waals surface area contributed by atoms with Crippen LogP contribution in [0.25, 0.3) is 0 Å². The Hall–Kier alpha value is -10.4. The summed E-state index contributed by atoms with van der Waals surface area (Å²) >= 11 is 0. The number of hydrogen-bond donors (Lipinski definition) is 5. The van der Waals surface area contributed by atoms with Crippen molar-refractivity contribution in [2.45, 2.75) is 148 Å². The van der Waals surface area contributed by atoms with Crippen LogP contribution in [0.4, 0.5) is 26.7 Å². The number of carbonyl (C=O) groups excluding carboxylic acids is 9. The third kappa shape index (κ3) is 15.7. The number of aromatic carboxylic acids is 1. The minimum absolute atomic E-state index is 0.0165. The number of nitrogens with zero attached hydrogens (tertiary/aromatic N) is 6. The smallest absolute Gasteiger partial charge is 0.417 e. The number of carboxylic acids is 1. The van der Waals surface area contributed by atoms with Crippen LogP contribution in [0.3, 0.4) is 0 Å². The fourth-order valence-electron chi connectivity index (χ4n) is 12.2. The van der Waals surface area contributed by atoms with Gasteiger partial charge in [0.1, 0.15) is 37.5 Å². The first-order valence-electron chi connectivity index (χ1n) is 31.9. The van der Waals surface area contributed by atoms with Crippen molar-refractivity contribution in [3.63, 3.8) is 0 Å². The van der Waals surface area contributed by atoms with E-state index in [4.69, 9.17) is 37.9 Å². The molecule has 3 saturated heterocycles. The van der Waals surface area contributed by atoms with Crippen molar-refractivity contribution in [1.29, 1.82) is 0 Å². The van der Waals surface area contributed by atoms with Gasteiger partial charge in [-0.05, 0) is 108 Å². The second kappa shape index (κ2) is 29.5. The van der Waals surface area contributed by atoms with Gasteiger partial charge in [-0.2, -0.15) is 0 Å². The fourth-order valence-corrected chi connectivity index (χ4v) is 12.2. The Bertz CT molecular complexity index is 3880. The molecule has 1 unspecified atom stereocenters. The number of aliphatic hydroxyl groups is 1. The first-order chi connectivity index (χ1) is 46.6. The maximum Gasteiger partial charge on any atom is 0.417 e. The molecule has 6 aliphatic rings. The molecule has 5 N–H and O–H groups in total. The lowest BCUT2D eigenvalue weighted by molar-refractivity contribution is -0.195. The van der Waals surface area contributed by atoms with Crippen molar-refractivity contribution in [2.24, 2.45) is 5.92 Å². The second-order valence-corrected chi connectivity index (χ2v) is 25.8. The number of nitrogens with one attached hydrogen (secondary N) is 3. The van der Waals surface area contributed by atoms with Crippen molar-refractivity contribution in [3.05, 3.63) is 131 Å². The Morgan fingerprint density at radius 2 is 1.29 bits per heavy atom. The molecule has 0 spiro atoms. The van der Waals surface area contributed by atoms with Gasteiger partial charge < -0.3 is 73.9 Å². The van der Waals surface area contributed by atoms with Gasteiger partial charge in [0.2, 0.25) is 17.7 Å². The number of fused-ring (bicyclic) bond motifs is 4. The van der Waals surface area contributed by atoms with Gasteiger partial charge in [0.15, 0.2) is 41.7 Å². The Balaban J connectivity index is 0.843. The molecular formula is C69H79N9O20. The molecule has 1 aromatic heterocycles. The highest BCUT2D eigenvalue weighted by Crippen LogP contribution is 2.45. The number of carbonyl (C=O) groups is 10. The normalized spacial score (nSPS) is 20.3. The van der Waals surface area contributed by atoms with E-state index in [1.165, 1.54) is 79.5 Å². The zero-order chi connectivity index (χ0) is 70.6. The van der Waals surface area contributed by atoms with Gasteiger partial charge in [0.25, 0.3) is 23.6 Å². The van der Waals surface area contributed by atoms with E-state index in [0.717, 1.165) is 40.4 Å². The maximum absolute atomic E-state index is 14.6. The van der Waals surface area contributed by atoms with Crippen LogP contribution >= 0.6 is 0 Å². The molecule has 0 aliphatic carbocycles. The average Bonchev–Trinajstić information content (AvgIpc) is 1.57. The lowest BCUT2D eigenvalue weighted by Gasteiger charge is -2.39. The highest BCUT2D eigenvalue weighted by Gasteiger charge is 2.50. The molecule has 9 amide bonds. The van der Waals surface area contributed by atoms with Crippen LogP contribution in [0.5, 0.6) is 23.0 Å². The van der Waals surface area contributed by atoms with E-state index < -0.39 is 121 Å². The lowest BCUT2D eigenvalue weighted by atomic mass is 10.0. The predicted molar refractivity (Wildman–Crippen MR) is 349 cm³/mol. The largest absolute Gasteiger partial charge is 0.493 e. The van der Waals surface area contributed by atoms with Crippen LogP contribution in [-0.4, -0.2) is 178 Å². The van der Waals surface area contributed by atoms with Crippen molar-refractivity contribution < 1.29 is 96.1 Å². The summed E-state index contributed by atoms with van der Waals surface area (Å²) in [6.07, 6.45) is -0.733. The molecule has 6 aliphatic heterocycles. The lowest BCUT2D eigenvalue weighted by Crippen LogP contribution is -2.54. The summed E-state index contributed by atoms with van der Waals surface area (Å²) in [5.41, 5.74) is 1.10. The van der Waals surface area contributed by atoms with Crippen LogP contribution in [0.15, 0.2) is 97.1 Å². The number of methoxy groups -OCH3 is 2. The van der Waals surface area contributed by atoms with Crippen LogP contribution in [0.1, 0.15) is 128 Å². The number of imide groups is 1. The van der Waals surface area contributed by atoms with Gasteiger partial charge in [-0.3, -0.25) is 43.4 Å². The molecule has 0 radical (unpaired) electrons. The Morgan fingerprint density at radius 1 is 0.714 bits per heavy atom. The second-order valence-electron chi connectivity index (χ2n) is 25.8. The Kier molecular flexibility index (Phi) is 21.2. The molecule has 3 aromatic carbocycles. The summed E-state index contributed by atoms with van der Waals surface area (Å²) in [7, 11) is 2.70. The number of aromatic nitrogens is 1. The van der Waals surface area contributed by atoms with Gasteiger partial charge in [-0.1, -0.05) is 50.3 Å². The molecule has 520 valence electrons. The summed E-state index contributed by atoms with van der Waals surface area (Å²) in [6, 6.07) is 10.6. The van der Waals surface area contributed by atoms with E-state index in [0.29, 0.717) is 36.3 Å². The predicted octanol–water partition coefficient (Wildman–Crippen LogP) is 6.50. The number of amides is 9. The summed E-state index contributed by atoms with van der Waals surface area (Å²) in [4.78, 5) is 145. The van der Waals surface area contributed by atoms with E-state index >= 15 is 0 Å². The first-order valence-corrected chi connectivity index (χ1v) is 31.9. The Labute approximate surface area is 564 Å². The summed E-state index contributed by atoms with van der Waals surface area (Å²) in [5, 5.41) is 30.4. The quantitative estimate of drug-likeness (QED) is 0.0414. The van der Waals surface area contributed by atoms with Gasteiger partial charge >= 0.3 is 18.2 Å². The highest BCUT2D eigenvalue weighted by molar-refractivity contribution is 6.13. The van der Waals surface area contributed by atoms with Gasteiger partial charge in [0, 0.05) is 62.6 Å². The molecule has 29 heteroatoms. The maximum atomic E-state index is 14.6. The molecule has 0 saturated carbocycles. The number of hydrogen-bond acceptors (Lipinski definition) is 20. The molecule has 0 bridgehead atoms. The van der Waals surface area contributed by atoms with Crippen LogP contribution < -0.4 is 44.7 Å². The van der Waals surface area contributed by atoms with Gasteiger partial charge in [-0.25, -0.2) is 24.2 Å². The Morgan fingerprint density at radius 3 is 1.83 bits per heavy atom. The third-order valence-electron chi connectivity index (χ3n) is 17.1. The number of pyridine rings is 1. The highest BCUT2D eigenvalue weighted by atomic mass is 16.7. The first kappa shape index (κ1) is 70.4. The van der Waals surface area contributed by atoms with Crippen molar-refractivity contribution >= 4 is 76.6 Å². The topological polar surface area (TPSA) is 350 Å². The van der Waals surface area contributed by atoms with Crippen LogP contribution in [0.2, 0.25) is 0 Å². The number of anilines is 3. The van der Waals surface area contributed by atoms with Crippen molar-refractivity contribution in [2.75, 3.05) is 55.6 Å². The fraction of sp³-hybridized carbons (Fsp3) is 0.435. The van der Waals surface area contributed by atoms with E-state index in [1.807, 2.05) is 0 Å². The zero-order valence-electron chi connectivity index (χ0n) is 55.6. The van der Waals surface area contributed by atoms with E-state index in [1.54, 1.807) is 51.7 Å². The van der Waals surface area contributed by atoms with Crippen molar-refractivity contribution in [1.82, 2.24) is 30.3 Å². The van der Waals surface area contributed by atoms with E-state index in [2.05, 4.69) is 34.1 Å². The van der Waals surface area contributed by atoms with Gasteiger partial charge in [-0.15, -0.1) is 0 Å². The third-order valence-corrected chi connectivity index (χ3v) is 17.1. The van der Waals surface area contributed by atoms with Crippen molar-refractivity contribution in [3.8, 4) is 23.0 Å².